The Bertz CT molecular complexity index is 499. The van der Waals surface area contributed by atoms with Gasteiger partial charge < -0.3 is 9.47 Å². The summed E-state index contributed by atoms with van der Waals surface area (Å²) in [4.78, 5) is 11.5. The Morgan fingerprint density at radius 3 is 2.96 bits per heavy atom. The molecule has 6 heteroatoms. The first kappa shape index (κ1) is 20.6. The van der Waals surface area contributed by atoms with Crippen LogP contribution in [0.25, 0.3) is 0 Å². The first-order valence-corrected chi connectivity index (χ1v) is 9.20. The van der Waals surface area contributed by atoms with E-state index in [0.717, 1.165) is 11.5 Å². The molecular weight excluding hydrogens is 403 g/mol. The summed E-state index contributed by atoms with van der Waals surface area (Å²) in [6.45, 7) is 3.38. The Morgan fingerprint density at radius 1 is 1.70 bits per heavy atom. The molecule has 0 radical (unpaired) electrons. The molecule has 0 spiro atoms. The van der Waals surface area contributed by atoms with Crippen LogP contribution in [-0.4, -0.2) is 34.5 Å². The van der Waals surface area contributed by atoms with E-state index in [-0.39, 0.29) is 10.9 Å². The predicted molar refractivity (Wildman–Crippen MR) is 98.0 cm³/mol. The summed E-state index contributed by atoms with van der Waals surface area (Å²) >= 11 is 16.2. The molecule has 0 aromatic rings. The number of rotatable bonds is 5. The molecule has 1 aliphatic heterocycles. The third kappa shape index (κ3) is 6.89. The number of hydrogen-bond donors (Lipinski definition) is 0. The molecule has 3 nitrogen and oxygen atoms in total. The van der Waals surface area contributed by atoms with Crippen LogP contribution in [0.5, 0.6) is 0 Å². The zero-order chi connectivity index (χ0) is 17.4. The normalized spacial score (nSPS) is 30.4. The van der Waals surface area contributed by atoms with Gasteiger partial charge in [0.15, 0.2) is 0 Å². The number of allylic oxidation sites excluding steroid dienone is 2. The minimum Gasteiger partial charge on any atom is -0.458 e. The molecule has 5 atom stereocenters. The second-order valence-electron chi connectivity index (χ2n) is 5.27. The third-order valence-electron chi connectivity index (χ3n) is 3.48. The van der Waals surface area contributed by atoms with Crippen molar-refractivity contribution in [1.29, 1.82) is 0 Å². The minimum absolute atomic E-state index is 0.0546. The average Bonchev–Trinajstić information content (AvgIpc) is 2.49. The van der Waals surface area contributed by atoms with Gasteiger partial charge in [-0.05, 0) is 25.3 Å². The largest absolute Gasteiger partial charge is 0.458 e. The fraction of sp³-hybridized carbons (Fsp3) is 0.588. The molecule has 23 heavy (non-hydrogen) atoms. The van der Waals surface area contributed by atoms with Crippen molar-refractivity contribution in [3.63, 3.8) is 0 Å². The summed E-state index contributed by atoms with van der Waals surface area (Å²) in [6, 6.07) is 0. The lowest BCUT2D eigenvalue weighted by molar-refractivity contribution is -0.157. The standard InChI is InChI=1S/C17H21BrCl2O3/c1-4-6-7-14(20)17(22-11(3)21)16-9-8-12(19)10-13(18)15(5-2)23-16/h1,6-8,13-17H,5,9-10H2,2-3H3/b7-6-,12-8+/t13-,14-,15+,16+,17+/m0/s1. The number of carbonyl (C=O) groups is 1. The van der Waals surface area contributed by atoms with E-state index < -0.39 is 23.6 Å². The number of halogens is 3. The van der Waals surface area contributed by atoms with Crippen LogP contribution in [0.1, 0.15) is 33.1 Å². The first-order chi connectivity index (χ1) is 10.9. The quantitative estimate of drug-likeness (QED) is 0.369. The molecule has 0 aromatic carbocycles. The monoisotopic (exact) mass is 422 g/mol. The number of esters is 1. The summed E-state index contributed by atoms with van der Waals surface area (Å²) in [5, 5.41) is 0.170. The molecule has 0 N–H and O–H groups in total. The SMILES string of the molecule is C#C/C=C\[C@H](Cl)[C@@H](OC(C)=O)[C@H]1C/C=C(/Cl)C[C@H](Br)[C@@H](CC)O1. The Labute approximate surface area is 156 Å². The van der Waals surface area contributed by atoms with Gasteiger partial charge in [-0.25, -0.2) is 0 Å². The van der Waals surface area contributed by atoms with E-state index in [9.17, 15) is 4.79 Å². The molecule has 128 valence electrons. The van der Waals surface area contributed by atoms with E-state index in [2.05, 4.69) is 21.9 Å². The Balaban J connectivity index is 3.05. The van der Waals surface area contributed by atoms with Gasteiger partial charge in [0, 0.05) is 16.8 Å². The van der Waals surface area contributed by atoms with Gasteiger partial charge in [0.2, 0.25) is 0 Å². The Hall–Kier alpha value is -0.470. The topological polar surface area (TPSA) is 35.5 Å². The highest BCUT2D eigenvalue weighted by Gasteiger charge is 2.34. The summed E-state index contributed by atoms with van der Waals surface area (Å²) in [6.07, 6.45) is 11.1. The van der Waals surface area contributed by atoms with Gasteiger partial charge in [-0.3, -0.25) is 4.79 Å². The summed E-state index contributed by atoms with van der Waals surface area (Å²) in [5.74, 6) is 1.96. The van der Waals surface area contributed by atoms with E-state index in [1.54, 1.807) is 6.08 Å². The summed E-state index contributed by atoms with van der Waals surface area (Å²) < 4.78 is 11.6. The van der Waals surface area contributed by atoms with Gasteiger partial charge in [-0.1, -0.05) is 52.5 Å². The highest BCUT2D eigenvalue weighted by Crippen LogP contribution is 2.30. The van der Waals surface area contributed by atoms with E-state index in [4.69, 9.17) is 39.1 Å². The van der Waals surface area contributed by atoms with E-state index in [1.165, 1.54) is 13.0 Å². The van der Waals surface area contributed by atoms with Crippen molar-refractivity contribution in [2.45, 2.75) is 61.6 Å². The molecule has 0 amide bonds. The lowest BCUT2D eigenvalue weighted by Crippen LogP contribution is -2.43. The molecule has 0 saturated heterocycles. The van der Waals surface area contributed by atoms with Gasteiger partial charge in [0.25, 0.3) is 0 Å². The van der Waals surface area contributed by atoms with Crippen LogP contribution < -0.4 is 0 Å². The Kier molecular flexibility index (Phi) is 9.31. The second-order valence-corrected chi connectivity index (χ2v) is 7.44. The Morgan fingerprint density at radius 2 is 2.39 bits per heavy atom. The molecule has 1 rings (SSSR count). The molecule has 0 aromatic heterocycles. The molecule has 0 aliphatic carbocycles. The number of ether oxygens (including phenoxy) is 2. The van der Waals surface area contributed by atoms with E-state index in [1.807, 2.05) is 13.0 Å². The maximum absolute atomic E-state index is 11.5. The fourth-order valence-corrected chi connectivity index (χ4v) is 3.94. The fourth-order valence-electron chi connectivity index (χ4n) is 2.37. The highest BCUT2D eigenvalue weighted by molar-refractivity contribution is 9.09. The maximum atomic E-state index is 11.5. The molecule has 1 heterocycles. The highest BCUT2D eigenvalue weighted by atomic mass is 79.9. The molecular formula is C17H21BrCl2O3. The van der Waals surface area contributed by atoms with Gasteiger partial charge in [-0.2, -0.15) is 0 Å². The first-order valence-electron chi connectivity index (χ1n) is 7.47. The van der Waals surface area contributed by atoms with Crippen LogP contribution in [0.15, 0.2) is 23.3 Å². The van der Waals surface area contributed by atoms with Gasteiger partial charge in [0.05, 0.1) is 11.5 Å². The van der Waals surface area contributed by atoms with E-state index in [0.29, 0.717) is 12.8 Å². The van der Waals surface area contributed by atoms with Crippen LogP contribution >= 0.6 is 39.1 Å². The predicted octanol–water partition coefficient (Wildman–Crippen LogP) is 4.56. The van der Waals surface area contributed by atoms with Crippen molar-refractivity contribution in [3.8, 4) is 12.3 Å². The van der Waals surface area contributed by atoms with Gasteiger partial charge >= 0.3 is 5.97 Å². The van der Waals surface area contributed by atoms with Gasteiger partial charge in [0.1, 0.15) is 12.2 Å². The maximum Gasteiger partial charge on any atom is 0.303 e. The van der Waals surface area contributed by atoms with Crippen LogP contribution in [0.2, 0.25) is 0 Å². The molecule has 1 aliphatic rings. The van der Waals surface area contributed by atoms with Crippen molar-refractivity contribution in [2.24, 2.45) is 0 Å². The zero-order valence-electron chi connectivity index (χ0n) is 13.2. The van der Waals surface area contributed by atoms with Crippen LogP contribution in [-0.2, 0) is 14.3 Å². The van der Waals surface area contributed by atoms with Gasteiger partial charge in [-0.15, -0.1) is 18.0 Å². The zero-order valence-corrected chi connectivity index (χ0v) is 16.3. The van der Waals surface area contributed by atoms with Crippen LogP contribution in [0.3, 0.4) is 0 Å². The minimum atomic E-state index is -0.647. The van der Waals surface area contributed by atoms with Crippen molar-refractivity contribution >= 4 is 45.1 Å². The smallest absolute Gasteiger partial charge is 0.303 e. The number of carbonyl (C=O) groups excluding carboxylic acids is 1. The van der Waals surface area contributed by atoms with Crippen molar-refractivity contribution in [2.75, 3.05) is 0 Å². The van der Waals surface area contributed by atoms with Crippen molar-refractivity contribution < 1.29 is 14.3 Å². The number of hydrogen-bond acceptors (Lipinski definition) is 3. The lowest BCUT2D eigenvalue weighted by Gasteiger charge is -2.34. The molecule has 0 bridgehead atoms. The average molecular weight is 424 g/mol. The summed E-state index contributed by atoms with van der Waals surface area (Å²) in [7, 11) is 0. The molecule has 0 unspecified atom stereocenters. The van der Waals surface area contributed by atoms with Crippen LogP contribution in [0.4, 0.5) is 0 Å². The van der Waals surface area contributed by atoms with Crippen LogP contribution in [0, 0.1) is 12.3 Å². The number of alkyl halides is 2. The number of terminal acetylenes is 1. The third-order valence-corrected chi connectivity index (χ3v) is 5.09. The molecule has 0 fully saturated rings. The van der Waals surface area contributed by atoms with Crippen molar-refractivity contribution in [1.82, 2.24) is 0 Å². The van der Waals surface area contributed by atoms with Crippen molar-refractivity contribution in [3.05, 3.63) is 23.3 Å². The second kappa shape index (κ2) is 10.4. The molecule has 0 saturated carbocycles. The summed E-state index contributed by atoms with van der Waals surface area (Å²) in [5.41, 5.74) is 0. The van der Waals surface area contributed by atoms with E-state index >= 15 is 0 Å². The lowest BCUT2D eigenvalue weighted by atomic mass is 10.0.